The molecule has 2 N–H and O–H groups in total. The molecule has 1 aliphatic heterocycles. The molecule has 1 aromatic heterocycles. The highest BCUT2D eigenvalue weighted by Gasteiger charge is 2.23. The van der Waals surface area contributed by atoms with Crippen LogP contribution in [0, 0.1) is 6.92 Å². The molecule has 1 aromatic carbocycles. The van der Waals surface area contributed by atoms with Crippen LogP contribution in [0.3, 0.4) is 0 Å². The van der Waals surface area contributed by atoms with Crippen molar-refractivity contribution in [2.75, 3.05) is 45.3 Å². The number of morpholine rings is 1. The highest BCUT2D eigenvalue weighted by Crippen LogP contribution is 2.26. The minimum Gasteiger partial charge on any atom is -0.378 e. The number of hydrogen-bond acceptors (Lipinski definition) is 8. The maximum absolute atomic E-state index is 12.6. The number of nitrogens with one attached hydrogen (secondary N) is 2. The molecule has 1 saturated heterocycles. The van der Waals surface area contributed by atoms with Crippen molar-refractivity contribution in [3.05, 3.63) is 39.4 Å². The van der Waals surface area contributed by atoms with Crippen molar-refractivity contribution in [2.24, 2.45) is 0 Å². The van der Waals surface area contributed by atoms with Crippen LogP contribution in [0.5, 0.6) is 0 Å². The van der Waals surface area contributed by atoms with Crippen molar-refractivity contribution in [2.45, 2.75) is 11.8 Å². The van der Waals surface area contributed by atoms with Gasteiger partial charge in [0.2, 0.25) is 10.0 Å². The first-order chi connectivity index (χ1) is 14.6. The van der Waals surface area contributed by atoms with E-state index in [0.717, 1.165) is 10.4 Å². The fraction of sp³-hybridized carbons (Fsp3) is 0.389. The Morgan fingerprint density at radius 1 is 1.19 bits per heavy atom. The molecule has 1 fully saturated rings. The number of benzene rings is 1. The number of rotatable bonds is 5. The predicted molar refractivity (Wildman–Crippen MR) is 117 cm³/mol. The van der Waals surface area contributed by atoms with E-state index in [1.807, 2.05) is 4.90 Å². The Balaban J connectivity index is 1.71. The quantitative estimate of drug-likeness (QED) is 0.609. The minimum absolute atomic E-state index is 0.0491. The van der Waals surface area contributed by atoms with Gasteiger partial charge >= 0.3 is 0 Å². The molecule has 0 spiro atoms. The summed E-state index contributed by atoms with van der Waals surface area (Å²) in [7, 11) is -0.988. The van der Waals surface area contributed by atoms with E-state index in [-0.39, 0.29) is 15.5 Å². The number of carbonyl (C=O) groups excluding carboxylic acids is 2. The van der Waals surface area contributed by atoms with Gasteiger partial charge in [0.25, 0.3) is 11.8 Å². The van der Waals surface area contributed by atoms with Gasteiger partial charge in [0.05, 0.1) is 34.4 Å². The smallest absolute Gasteiger partial charge is 0.281 e. The second-order valence-corrected chi connectivity index (χ2v) is 10.4. The summed E-state index contributed by atoms with van der Waals surface area (Å²) in [6.07, 6.45) is 0. The highest BCUT2D eigenvalue weighted by atomic mass is 35.5. The molecule has 0 bridgehead atoms. The summed E-state index contributed by atoms with van der Waals surface area (Å²) >= 11 is 7.28. The molecule has 1 aliphatic rings. The van der Waals surface area contributed by atoms with Crippen LogP contribution in [0.4, 0.5) is 5.13 Å². The third-order valence-corrected chi connectivity index (χ3v) is 7.88. The molecule has 0 saturated carbocycles. The van der Waals surface area contributed by atoms with Gasteiger partial charge in [-0.3, -0.25) is 20.4 Å². The summed E-state index contributed by atoms with van der Waals surface area (Å²) in [6.45, 7) is 4.29. The molecule has 3 rings (SSSR count). The predicted octanol–water partition coefficient (Wildman–Crippen LogP) is 1.27. The van der Waals surface area contributed by atoms with E-state index >= 15 is 0 Å². The number of halogens is 1. The number of sulfonamides is 1. The molecule has 0 radical (unpaired) electrons. The average Bonchev–Trinajstić information content (AvgIpc) is 3.14. The van der Waals surface area contributed by atoms with Crippen molar-refractivity contribution in [1.82, 2.24) is 20.1 Å². The van der Waals surface area contributed by atoms with E-state index in [9.17, 15) is 18.0 Å². The van der Waals surface area contributed by atoms with E-state index in [2.05, 4.69) is 15.8 Å². The number of aromatic nitrogens is 1. The lowest BCUT2D eigenvalue weighted by Crippen LogP contribution is -2.41. The Kier molecular flexibility index (Phi) is 7.17. The largest absolute Gasteiger partial charge is 0.378 e. The zero-order valence-electron chi connectivity index (χ0n) is 17.1. The topological polar surface area (TPSA) is 121 Å². The van der Waals surface area contributed by atoms with Crippen LogP contribution in [0.2, 0.25) is 5.02 Å². The van der Waals surface area contributed by atoms with Crippen LogP contribution < -0.4 is 15.8 Å². The summed E-state index contributed by atoms with van der Waals surface area (Å²) in [4.78, 5) is 31.8. The second kappa shape index (κ2) is 9.49. The number of nitrogens with zero attached hydrogens (tertiary/aromatic N) is 3. The number of anilines is 1. The monoisotopic (exact) mass is 487 g/mol. The fourth-order valence-electron chi connectivity index (χ4n) is 2.77. The number of hydrogen-bond donors (Lipinski definition) is 2. The Hall–Kier alpha value is -2.25. The molecular weight excluding hydrogens is 466 g/mol. The third kappa shape index (κ3) is 5.15. The molecule has 31 heavy (non-hydrogen) atoms. The number of hydrazine groups is 1. The first-order valence-corrected chi connectivity index (χ1v) is 11.9. The van der Waals surface area contributed by atoms with E-state index in [0.29, 0.717) is 42.0 Å². The molecule has 2 aromatic rings. The van der Waals surface area contributed by atoms with Gasteiger partial charge in [0.15, 0.2) is 5.13 Å². The Morgan fingerprint density at radius 2 is 1.84 bits per heavy atom. The molecule has 0 aliphatic carbocycles. The average molecular weight is 488 g/mol. The van der Waals surface area contributed by atoms with Crippen molar-refractivity contribution in [3.8, 4) is 0 Å². The summed E-state index contributed by atoms with van der Waals surface area (Å²) in [6, 6.07) is 3.78. The Labute approximate surface area is 189 Å². The Bertz CT molecular complexity index is 1100. The van der Waals surface area contributed by atoms with Gasteiger partial charge in [-0.15, -0.1) is 0 Å². The molecule has 168 valence electrons. The maximum Gasteiger partial charge on any atom is 0.281 e. The summed E-state index contributed by atoms with van der Waals surface area (Å²) in [5, 5.41) is 0.759. The van der Waals surface area contributed by atoms with Crippen LogP contribution in [-0.2, 0) is 14.8 Å². The van der Waals surface area contributed by atoms with Crippen molar-refractivity contribution in [1.29, 1.82) is 0 Å². The molecule has 13 heteroatoms. The second-order valence-electron chi connectivity index (χ2n) is 6.85. The Morgan fingerprint density at radius 3 is 2.48 bits per heavy atom. The SMILES string of the molecule is Cc1nc(N2CCOCC2)sc1C(=O)NNC(=O)c1cc(S(=O)(=O)N(C)C)ccc1Cl. The minimum atomic E-state index is -3.75. The lowest BCUT2D eigenvalue weighted by Gasteiger charge is -2.25. The van der Waals surface area contributed by atoms with Gasteiger partial charge in [-0.1, -0.05) is 22.9 Å². The first-order valence-electron chi connectivity index (χ1n) is 9.24. The molecule has 0 atom stereocenters. The van der Waals surface area contributed by atoms with E-state index in [1.54, 1.807) is 6.92 Å². The van der Waals surface area contributed by atoms with Crippen LogP contribution in [0.15, 0.2) is 23.1 Å². The van der Waals surface area contributed by atoms with Crippen LogP contribution in [0.25, 0.3) is 0 Å². The normalized spacial score (nSPS) is 14.5. The number of ether oxygens (including phenoxy) is 1. The van der Waals surface area contributed by atoms with E-state index in [1.165, 1.54) is 37.6 Å². The number of aryl methyl sites for hydroxylation is 1. The molecule has 0 unspecified atom stereocenters. The molecular formula is C18H22ClN5O5S2. The number of amides is 2. The van der Waals surface area contributed by atoms with Crippen LogP contribution in [0.1, 0.15) is 25.7 Å². The summed E-state index contributed by atoms with van der Waals surface area (Å²) < 4.78 is 31.0. The number of thiazole rings is 1. The van der Waals surface area contributed by atoms with Crippen molar-refractivity contribution < 1.29 is 22.7 Å². The molecule has 10 nitrogen and oxygen atoms in total. The standard InChI is InChI=1S/C18H22ClN5O5S2/c1-11-15(30-18(20-11)24-6-8-29-9-7-24)17(26)22-21-16(25)13-10-12(4-5-14(13)19)31(27,28)23(2)3/h4-5,10H,6-9H2,1-3H3,(H,21,25)(H,22,26). The van der Waals surface area contributed by atoms with Crippen molar-refractivity contribution >= 4 is 49.9 Å². The zero-order valence-corrected chi connectivity index (χ0v) is 19.5. The van der Waals surface area contributed by atoms with Gasteiger partial charge in [0, 0.05) is 27.2 Å². The van der Waals surface area contributed by atoms with Gasteiger partial charge in [-0.2, -0.15) is 0 Å². The van der Waals surface area contributed by atoms with Gasteiger partial charge in [-0.05, 0) is 25.1 Å². The van der Waals surface area contributed by atoms with Gasteiger partial charge in [0.1, 0.15) is 4.88 Å². The first kappa shape index (κ1) is 23.4. The zero-order chi connectivity index (χ0) is 22.8. The van der Waals surface area contributed by atoms with Crippen LogP contribution in [-0.4, -0.2) is 69.9 Å². The van der Waals surface area contributed by atoms with Gasteiger partial charge < -0.3 is 9.64 Å². The maximum atomic E-state index is 12.6. The molecule has 2 heterocycles. The fourth-order valence-corrected chi connectivity index (χ4v) is 4.92. The van der Waals surface area contributed by atoms with Crippen molar-refractivity contribution in [3.63, 3.8) is 0 Å². The lowest BCUT2D eigenvalue weighted by atomic mass is 10.2. The summed E-state index contributed by atoms with van der Waals surface area (Å²) in [5.74, 6) is -1.28. The number of carbonyl (C=O) groups is 2. The van der Waals surface area contributed by atoms with E-state index in [4.69, 9.17) is 16.3 Å². The van der Waals surface area contributed by atoms with E-state index < -0.39 is 21.8 Å². The van der Waals surface area contributed by atoms with Gasteiger partial charge in [-0.25, -0.2) is 17.7 Å². The lowest BCUT2D eigenvalue weighted by molar-refractivity contribution is 0.0848. The summed E-state index contributed by atoms with van der Waals surface area (Å²) in [5.41, 5.74) is 5.06. The highest BCUT2D eigenvalue weighted by molar-refractivity contribution is 7.89. The third-order valence-electron chi connectivity index (χ3n) is 4.52. The molecule has 2 amide bonds. The van der Waals surface area contributed by atoms with Crippen LogP contribution >= 0.6 is 22.9 Å².